The molecule has 112 valence electrons. The minimum absolute atomic E-state index is 0.00974. The van der Waals surface area contributed by atoms with Crippen LogP contribution in [0.2, 0.25) is 0 Å². The second-order valence-corrected chi connectivity index (χ2v) is 6.11. The summed E-state index contributed by atoms with van der Waals surface area (Å²) in [5, 5.41) is 2.99. The second kappa shape index (κ2) is 6.75. The molecule has 0 aliphatic carbocycles. The third kappa shape index (κ3) is 4.53. The normalized spacial score (nSPS) is 11.4. The highest BCUT2D eigenvalue weighted by molar-refractivity contribution is 5.96. The van der Waals surface area contributed by atoms with Crippen molar-refractivity contribution < 1.29 is 9.53 Å². The molecule has 1 aromatic rings. The summed E-state index contributed by atoms with van der Waals surface area (Å²) >= 11 is 0. The summed E-state index contributed by atoms with van der Waals surface area (Å²) in [5.74, 6) is -0.0697. The fourth-order valence-electron chi connectivity index (χ4n) is 2.00. The zero-order valence-corrected chi connectivity index (χ0v) is 13.2. The Balaban J connectivity index is 2.70. The van der Waals surface area contributed by atoms with Crippen molar-refractivity contribution in [1.82, 2.24) is 5.32 Å². The van der Waals surface area contributed by atoms with Gasteiger partial charge in [-0.3, -0.25) is 4.79 Å². The molecule has 0 saturated carbocycles. The van der Waals surface area contributed by atoms with E-state index < -0.39 is 0 Å². The predicted molar refractivity (Wildman–Crippen MR) is 82.9 cm³/mol. The van der Waals surface area contributed by atoms with Gasteiger partial charge in [-0.25, -0.2) is 0 Å². The highest BCUT2D eigenvalue weighted by Gasteiger charge is 2.19. The molecule has 1 amide bonds. The molecular formula is C16H26N2O2. The van der Waals surface area contributed by atoms with Gasteiger partial charge in [0.15, 0.2) is 0 Å². The van der Waals surface area contributed by atoms with E-state index in [-0.39, 0.29) is 11.3 Å². The number of aryl methyl sites for hydroxylation is 2. The van der Waals surface area contributed by atoms with Gasteiger partial charge in [0.25, 0.3) is 5.91 Å². The van der Waals surface area contributed by atoms with Gasteiger partial charge in [0.2, 0.25) is 0 Å². The number of rotatable bonds is 6. The van der Waals surface area contributed by atoms with Crippen LogP contribution in [0.1, 0.15) is 41.8 Å². The average molecular weight is 278 g/mol. The lowest BCUT2D eigenvalue weighted by Crippen LogP contribution is -2.35. The maximum atomic E-state index is 12.3. The molecule has 1 aromatic carbocycles. The summed E-state index contributed by atoms with van der Waals surface area (Å²) in [6, 6.07) is 3.70. The highest BCUT2D eigenvalue weighted by Crippen LogP contribution is 2.20. The predicted octanol–water partition coefficient (Wildman–Crippen LogP) is 2.68. The van der Waals surface area contributed by atoms with E-state index in [4.69, 9.17) is 10.5 Å². The van der Waals surface area contributed by atoms with Crippen molar-refractivity contribution in [3.63, 3.8) is 0 Å². The number of nitrogen functional groups attached to an aromatic ring is 1. The summed E-state index contributed by atoms with van der Waals surface area (Å²) in [4.78, 5) is 12.3. The van der Waals surface area contributed by atoms with Gasteiger partial charge >= 0.3 is 0 Å². The first-order valence-corrected chi connectivity index (χ1v) is 6.91. The average Bonchev–Trinajstić information content (AvgIpc) is 2.38. The Bertz CT molecular complexity index is 482. The molecule has 0 unspecified atom stereocenters. The first-order chi connectivity index (χ1) is 9.26. The molecule has 0 radical (unpaired) electrons. The van der Waals surface area contributed by atoms with E-state index in [2.05, 4.69) is 19.2 Å². The van der Waals surface area contributed by atoms with Crippen LogP contribution in [0.25, 0.3) is 0 Å². The van der Waals surface area contributed by atoms with Crippen LogP contribution in [0.3, 0.4) is 0 Å². The van der Waals surface area contributed by atoms with E-state index in [9.17, 15) is 4.79 Å². The fraction of sp³-hybridized carbons (Fsp3) is 0.562. The van der Waals surface area contributed by atoms with E-state index in [0.29, 0.717) is 24.4 Å². The first-order valence-electron chi connectivity index (χ1n) is 6.91. The van der Waals surface area contributed by atoms with Crippen molar-refractivity contribution in [3.8, 4) is 0 Å². The topological polar surface area (TPSA) is 64.3 Å². The molecule has 0 heterocycles. The number of nitrogens with one attached hydrogen (secondary N) is 1. The third-order valence-electron chi connectivity index (χ3n) is 3.57. The van der Waals surface area contributed by atoms with Gasteiger partial charge in [-0.15, -0.1) is 0 Å². The molecule has 0 spiro atoms. The van der Waals surface area contributed by atoms with Crippen LogP contribution in [0.4, 0.5) is 5.69 Å². The molecule has 0 saturated heterocycles. The highest BCUT2D eigenvalue weighted by atomic mass is 16.5. The van der Waals surface area contributed by atoms with Crippen molar-refractivity contribution >= 4 is 11.6 Å². The van der Waals surface area contributed by atoms with Crippen LogP contribution in [0, 0.1) is 19.3 Å². The largest absolute Gasteiger partial charge is 0.398 e. The van der Waals surface area contributed by atoms with Crippen molar-refractivity contribution in [2.75, 3.05) is 26.0 Å². The molecular weight excluding hydrogens is 252 g/mol. The van der Waals surface area contributed by atoms with Crippen molar-refractivity contribution in [3.05, 3.63) is 28.8 Å². The number of benzene rings is 1. The van der Waals surface area contributed by atoms with Gasteiger partial charge in [0, 0.05) is 31.5 Å². The number of ether oxygens (including phenoxy) is 1. The first kappa shape index (κ1) is 16.5. The Labute approximate surface area is 121 Å². The number of carbonyl (C=O) groups is 1. The molecule has 0 aromatic heterocycles. The van der Waals surface area contributed by atoms with Gasteiger partial charge in [0.1, 0.15) is 0 Å². The van der Waals surface area contributed by atoms with Crippen LogP contribution in [0.5, 0.6) is 0 Å². The quantitative estimate of drug-likeness (QED) is 0.786. The Kier molecular flexibility index (Phi) is 5.57. The number of carbonyl (C=O) groups excluding carboxylic acids is 1. The smallest absolute Gasteiger partial charge is 0.251 e. The Morgan fingerprint density at radius 1 is 1.30 bits per heavy atom. The molecule has 3 N–H and O–H groups in total. The van der Waals surface area contributed by atoms with Crippen LogP contribution in [0.15, 0.2) is 12.1 Å². The molecule has 4 heteroatoms. The molecule has 0 aliphatic heterocycles. The Morgan fingerprint density at radius 3 is 2.55 bits per heavy atom. The van der Waals surface area contributed by atoms with E-state index in [1.807, 2.05) is 19.9 Å². The summed E-state index contributed by atoms with van der Waals surface area (Å²) in [5.41, 5.74) is 9.14. The lowest BCUT2D eigenvalue weighted by Gasteiger charge is -2.24. The molecule has 0 atom stereocenters. The molecule has 0 bridgehead atoms. The van der Waals surface area contributed by atoms with Crippen LogP contribution in [-0.2, 0) is 4.74 Å². The van der Waals surface area contributed by atoms with E-state index in [1.165, 1.54) is 0 Å². The molecule has 20 heavy (non-hydrogen) atoms. The zero-order chi connectivity index (χ0) is 15.3. The van der Waals surface area contributed by atoms with E-state index >= 15 is 0 Å². The van der Waals surface area contributed by atoms with E-state index in [0.717, 1.165) is 17.5 Å². The van der Waals surface area contributed by atoms with Gasteiger partial charge in [0.05, 0.1) is 0 Å². The minimum Gasteiger partial charge on any atom is -0.398 e. The second-order valence-electron chi connectivity index (χ2n) is 6.11. The summed E-state index contributed by atoms with van der Waals surface area (Å²) in [6.07, 6.45) is 0.902. The Morgan fingerprint density at radius 2 is 1.95 bits per heavy atom. The third-order valence-corrected chi connectivity index (χ3v) is 3.57. The number of amides is 1. The van der Waals surface area contributed by atoms with Gasteiger partial charge in [-0.1, -0.05) is 19.9 Å². The van der Waals surface area contributed by atoms with Crippen molar-refractivity contribution in [1.29, 1.82) is 0 Å². The number of hydrogen-bond donors (Lipinski definition) is 2. The Hall–Kier alpha value is -1.55. The van der Waals surface area contributed by atoms with Gasteiger partial charge < -0.3 is 15.8 Å². The number of nitrogens with two attached hydrogens (primary N) is 1. The zero-order valence-electron chi connectivity index (χ0n) is 13.2. The minimum atomic E-state index is -0.0697. The number of anilines is 1. The summed E-state index contributed by atoms with van der Waals surface area (Å²) in [6.45, 7) is 9.41. The molecule has 4 nitrogen and oxygen atoms in total. The number of methoxy groups -OCH3 is 1. The van der Waals surface area contributed by atoms with Crippen LogP contribution < -0.4 is 11.1 Å². The SMILES string of the molecule is COCCC(C)(C)CNC(=O)c1cc(N)c(C)cc1C. The van der Waals surface area contributed by atoms with Crippen LogP contribution in [-0.4, -0.2) is 26.2 Å². The van der Waals surface area contributed by atoms with E-state index in [1.54, 1.807) is 13.2 Å². The van der Waals surface area contributed by atoms with Crippen molar-refractivity contribution in [2.24, 2.45) is 5.41 Å². The molecule has 0 aliphatic rings. The standard InChI is InChI=1S/C16H26N2O2/c1-11-8-12(2)14(17)9-13(11)15(19)18-10-16(3,4)6-7-20-5/h8-9H,6-7,10,17H2,1-5H3,(H,18,19). The lowest BCUT2D eigenvalue weighted by molar-refractivity contribution is 0.0920. The monoisotopic (exact) mass is 278 g/mol. The number of hydrogen-bond acceptors (Lipinski definition) is 3. The van der Waals surface area contributed by atoms with Crippen LogP contribution >= 0.6 is 0 Å². The van der Waals surface area contributed by atoms with Gasteiger partial charge in [-0.05, 0) is 42.9 Å². The maximum Gasteiger partial charge on any atom is 0.251 e. The lowest BCUT2D eigenvalue weighted by atomic mass is 9.89. The fourth-order valence-corrected chi connectivity index (χ4v) is 2.00. The van der Waals surface area contributed by atoms with Crippen molar-refractivity contribution in [2.45, 2.75) is 34.1 Å². The summed E-state index contributed by atoms with van der Waals surface area (Å²) < 4.78 is 5.09. The molecule has 0 fully saturated rings. The van der Waals surface area contributed by atoms with Gasteiger partial charge in [-0.2, -0.15) is 0 Å². The maximum absolute atomic E-state index is 12.3. The molecule has 1 rings (SSSR count). The summed E-state index contributed by atoms with van der Waals surface area (Å²) in [7, 11) is 1.69.